The van der Waals surface area contributed by atoms with Crippen LogP contribution in [0.1, 0.15) is 31.2 Å². The summed E-state index contributed by atoms with van der Waals surface area (Å²) in [5.41, 5.74) is 6.74. The number of carbonyl (C=O) groups excluding carboxylic acids is 2. The number of ether oxygens (including phenoxy) is 2. The van der Waals surface area contributed by atoms with Crippen LogP contribution in [-0.4, -0.2) is 25.2 Å². The normalized spacial score (nSPS) is 17.0. The molecule has 2 aromatic carbocycles. The maximum absolute atomic E-state index is 13.3. The summed E-state index contributed by atoms with van der Waals surface area (Å²) in [4.78, 5) is 24.2. The fraction of sp³-hybridized carbons (Fsp3) is 0.333. The fourth-order valence-electron chi connectivity index (χ4n) is 4.00. The van der Waals surface area contributed by atoms with Crippen LogP contribution >= 0.6 is 0 Å². The average Bonchev–Trinajstić information content (AvgIpc) is 3.20. The second-order valence-electron chi connectivity index (χ2n) is 7.17. The molecule has 1 heterocycles. The van der Waals surface area contributed by atoms with Crippen molar-refractivity contribution in [1.82, 2.24) is 0 Å². The number of carbonyl (C=O) groups is 2. The zero-order chi connectivity index (χ0) is 19.6. The van der Waals surface area contributed by atoms with Crippen LogP contribution in [0.15, 0.2) is 42.5 Å². The zero-order valence-electron chi connectivity index (χ0n) is 15.5. The summed E-state index contributed by atoms with van der Waals surface area (Å²) in [6, 6.07) is 12.1. The summed E-state index contributed by atoms with van der Waals surface area (Å²) in [6.07, 6.45) is 3.59. The van der Waals surface area contributed by atoms with Gasteiger partial charge in [-0.3, -0.25) is 4.79 Å². The number of urea groups is 1. The summed E-state index contributed by atoms with van der Waals surface area (Å²) >= 11 is 0. The van der Waals surface area contributed by atoms with Crippen LogP contribution in [0.25, 0.3) is 0 Å². The molecule has 7 heteroatoms. The molecular weight excluding hydrogens is 358 g/mol. The fourth-order valence-corrected chi connectivity index (χ4v) is 4.00. The lowest BCUT2D eigenvalue weighted by molar-refractivity contribution is -0.121. The lowest BCUT2D eigenvalue weighted by Gasteiger charge is -2.30. The van der Waals surface area contributed by atoms with Crippen LogP contribution in [0.4, 0.5) is 16.2 Å². The van der Waals surface area contributed by atoms with Gasteiger partial charge in [0.25, 0.3) is 0 Å². The van der Waals surface area contributed by atoms with Gasteiger partial charge in [-0.05, 0) is 54.8 Å². The zero-order valence-corrected chi connectivity index (χ0v) is 15.5. The summed E-state index contributed by atoms with van der Waals surface area (Å²) in [5.74, 6) is 1.39. The highest BCUT2D eigenvalue weighted by molar-refractivity contribution is 6.00. The molecule has 3 amide bonds. The first kappa shape index (κ1) is 18.2. The molecule has 1 fully saturated rings. The van der Waals surface area contributed by atoms with Crippen molar-refractivity contribution in [3.05, 3.63) is 48.0 Å². The van der Waals surface area contributed by atoms with Gasteiger partial charge >= 0.3 is 6.03 Å². The lowest BCUT2D eigenvalue weighted by atomic mass is 9.77. The topological polar surface area (TPSA) is 103 Å². The van der Waals surface area contributed by atoms with Crippen molar-refractivity contribution < 1.29 is 19.1 Å². The number of rotatable bonds is 4. The van der Waals surface area contributed by atoms with Gasteiger partial charge in [-0.2, -0.15) is 0 Å². The molecule has 0 aromatic heterocycles. The van der Waals surface area contributed by atoms with Crippen molar-refractivity contribution in [2.24, 2.45) is 5.73 Å². The molecule has 146 valence electrons. The number of primary amides is 1. The molecule has 4 rings (SSSR count). The van der Waals surface area contributed by atoms with Crippen molar-refractivity contribution in [3.63, 3.8) is 0 Å². The van der Waals surface area contributed by atoms with Crippen LogP contribution in [0.3, 0.4) is 0 Å². The van der Waals surface area contributed by atoms with E-state index >= 15 is 0 Å². The van der Waals surface area contributed by atoms with E-state index < -0.39 is 11.4 Å². The molecule has 4 N–H and O–H groups in total. The van der Waals surface area contributed by atoms with Crippen LogP contribution in [0.5, 0.6) is 11.5 Å². The van der Waals surface area contributed by atoms with Gasteiger partial charge in [0.15, 0.2) is 11.5 Å². The summed E-state index contributed by atoms with van der Waals surface area (Å²) in [7, 11) is 0. The van der Waals surface area contributed by atoms with E-state index in [1.807, 2.05) is 18.2 Å². The third kappa shape index (κ3) is 3.47. The Labute approximate surface area is 163 Å². The monoisotopic (exact) mass is 381 g/mol. The number of hydrogen-bond acceptors (Lipinski definition) is 4. The van der Waals surface area contributed by atoms with Crippen molar-refractivity contribution >= 4 is 23.3 Å². The van der Waals surface area contributed by atoms with Gasteiger partial charge in [-0.15, -0.1) is 0 Å². The molecule has 28 heavy (non-hydrogen) atoms. The first-order valence-electron chi connectivity index (χ1n) is 9.45. The van der Waals surface area contributed by atoms with E-state index in [0.29, 0.717) is 30.3 Å². The highest BCUT2D eigenvalue weighted by Gasteiger charge is 2.43. The largest absolute Gasteiger partial charge is 0.486 e. The molecule has 0 atom stereocenters. The van der Waals surface area contributed by atoms with Crippen LogP contribution in [-0.2, 0) is 10.2 Å². The number of anilines is 2. The van der Waals surface area contributed by atoms with E-state index in [0.717, 1.165) is 37.0 Å². The van der Waals surface area contributed by atoms with E-state index in [4.69, 9.17) is 15.2 Å². The third-order valence-corrected chi connectivity index (χ3v) is 5.40. The molecule has 0 bridgehead atoms. The molecule has 2 aromatic rings. The molecule has 2 aliphatic rings. The minimum absolute atomic E-state index is 0.0303. The van der Waals surface area contributed by atoms with Gasteiger partial charge in [-0.1, -0.05) is 18.9 Å². The van der Waals surface area contributed by atoms with Crippen molar-refractivity contribution in [2.75, 3.05) is 23.8 Å². The maximum atomic E-state index is 13.3. The highest BCUT2D eigenvalue weighted by atomic mass is 16.6. The SMILES string of the molecule is NC(=O)Nc1ccc(NC(=O)C2(c3ccc4c(c3)OCCO4)CCCC2)cc1. The van der Waals surface area contributed by atoms with Gasteiger partial charge in [-0.25, -0.2) is 4.79 Å². The van der Waals surface area contributed by atoms with E-state index in [1.54, 1.807) is 24.3 Å². The number of fused-ring (bicyclic) bond motifs is 1. The molecule has 1 saturated carbocycles. The summed E-state index contributed by atoms with van der Waals surface area (Å²) in [6.45, 7) is 1.06. The summed E-state index contributed by atoms with van der Waals surface area (Å²) < 4.78 is 11.3. The number of hydrogen-bond donors (Lipinski definition) is 3. The molecule has 0 spiro atoms. The standard InChI is InChI=1S/C21H23N3O4/c22-20(26)24-16-6-4-15(5-7-16)23-19(25)21(9-1-2-10-21)14-3-8-17-18(13-14)28-12-11-27-17/h3-8,13H,1-2,9-12H2,(H,23,25)(H3,22,24,26). The minimum atomic E-state index is -0.625. The van der Waals surface area contributed by atoms with Crippen LogP contribution < -0.4 is 25.8 Å². The average molecular weight is 381 g/mol. The predicted molar refractivity (Wildman–Crippen MR) is 106 cm³/mol. The second-order valence-corrected chi connectivity index (χ2v) is 7.17. The van der Waals surface area contributed by atoms with Gasteiger partial charge in [0, 0.05) is 11.4 Å². The molecule has 1 aliphatic heterocycles. The van der Waals surface area contributed by atoms with E-state index in [1.165, 1.54) is 0 Å². The Bertz CT molecular complexity index is 889. The van der Waals surface area contributed by atoms with E-state index in [-0.39, 0.29) is 5.91 Å². The van der Waals surface area contributed by atoms with Gasteiger partial charge in [0.2, 0.25) is 5.91 Å². The predicted octanol–water partition coefficient (Wildman–Crippen LogP) is 3.40. The van der Waals surface area contributed by atoms with Crippen molar-refractivity contribution in [1.29, 1.82) is 0 Å². The van der Waals surface area contributed by atoms with E-state index in [9.17, 15) is 9.59 Å². The highest BCUT2D eigenvalue weighted by Crippen LogP contribution is 2.45. The lowest BCUT2D eigenvalue weighted by Crippen LogP contribution is -2.38. The van der Waals surface area contributed by atoms with Gasteiger partial charge in [0.1, 0.15) is 13.2 Å². The molecule has 0 radical (unpaired) electrons. The Morgan fingerprint density at radius 3 is 2.11 bits per heavy atom. The number of nitrogens with one attached hydrogen (secondary N) is 2. The van der Waals surface area contributed by atoms with Crippen LogP contribution in [0.2, 0.25) is 0 Å². The Morgan fingerprint density at radius 2 is 1.46 bits per heavy atom. The van der Waals surface area contributed by atoms with Gasteiger partial charge < -0.3 is 25.8 Å². The molecular formula is C21H23N3O4. The molecule has 1 aliphatic carbocycles. The van der Waals surface area contributed by atoms with E-state index in [2.05, 4.69) is 10.6 Å². The van der Waals surface area contributed by atoms with Gasteiger partial charge in [0.05, 0.1) is 5.41 Å². The summed E-state index contributed by atoms with van der Waals surface area (Å²) in [5, 5.41) is 5.53. The van der Waals surface area contributed by atoms with Crippen LogP contribution in [0, 0.1) is 0 Å². The second kappa shape index (κ2) is 7.42. The minimum Gasteiger partial charge on any atom is -0.486 e. The quantitative estimate of drug-likeness (QED) is 0.755. The molecule has 0 unspecified atom stereocenters. The Balaban J connectivity index is 1.57. The first-order valence-corrected chi connectivity index (χ1v) is 9.45. The Morgan fingerprint density at radius 1 is 0.857 bits per heavy atom. The number of nitrogens with two attached hydrogens (primary N) is 1. The molecule has 0 saturated heterocycles. The maximum Gasteiger partial charge on any atom is 0.316 e. The Kier molecular flexibility index (Phi) is 4.81. The smallest absolute Gasteiger partial charge is 0.316 e. The number of benzene rings is 2. The number of amides is 3. The third-order valence-electron chi connectivity index (χ3n) is 5.40. The first-order chi connectivity index (χ1) is 13.6. The van der Waals surface area contributed by atoms with Crippen molar-refractivity contribution in [3.8, 4) is 11.5 Å². The molecule has 7 nitrogen and oxygen atoms in total. The van der Waals surface area contributed by atoms with Crippen molar-refractivity contribution in [2.45, 2.75) is 31.1 Å². The Hall–Kier alpha value is -3.22.